The Bertz CT molecular complexity index is 593. The molecule has 19 heavy (non-hydrogen) atoms. The summed E-state index contributed by atoms with van der Waals surface area (Å²) in [6.45, 7) is 0.291. The summed E-state index contributed by atoms with van der Waals surface area (Å²) in [5.41, 5.74) is 0.175. The van der Waals surface area contributed by atoms with Gasteiger partial charge in [-0.1, -0.05) is 6.07 Å². The number of aryl methyl sites for hydroxylation is 1. The lowest BCUT2D eigenvalue weighted by atomic mass is 10.1. The fourth-order valence-electron chi connectivity index (χ4n) is 1.69. The third-order valence-electron chi connectivity index (χ3n) is 2.79. The number of nitrogens with one attached hydrogen (secondary N) is 1. The zero-order chi connectivity index (χ0) is 13.8. The average molecular weight is 261 g/mol. The lowest BCUT2D eigenvalue weighted by Crippen LogP contribution is -2.24. The van der Waals surface area contributed by atoms with Gasteiger partial charge in [-0.15, -0.1) is 0 Å². The number of hydrogen-bond acceptors (Lipinski definition) is 4. The second-order valence-corrected chi connectivity index (χ2v) is 3.99. The Morgan fingerprint density at radius 2 is 2.32 bits per heavy atom. The molecule has 2 rings (SSSR count). The van der Waals surface area contributed by atoms with Crippen LogP contribution >= 0.6 is 0 Å². The van der Waals surface area contributed by atoms with E-state index in [1.807, 2.05) is 11.6 Å². The number of benzene rings is 1. The minimum atomic E-state index is -0.376. The molecule has 0 bridgehead atoms. The number of aromatic nitrogens is 2. The highest BCUT2D eigenvalue weighted by Gasteiger charge is 2.14. The van der Waals surface area contributed by atoms with Crippen LogP contribution in [0.15, 0.2) is 30.6 Å². The smallest absolute Gasteiger partial charge is 0.255 e. The van der Waals surface area contributed by atoms with Gasteiger partial charge in [-0.05, 0) is 12.1 Å². The molecule has 6 heteroatoms. The van der Waals surface area contributed by atoms with Gasteiger partial charge in [0.15, 0.2) is 11.5 Å². The molecule has 1 amide bonds. The van der Waals surface area contributed by atoms with Crippen molar-refractivity contribution >= 4 is 5.91 Å². The van der Waals surface area contributed by atoms with Gasteiger partial charge in [0.1, 0.15) is 5.82 Å². The largest absolute Gasteiger partial charge is 0.504 e. The summed E-state index contributed by atoms with van der Waals surface area (Å²) in [5.74, 6) is 0.460. The number of rotatable bonds is 4. The van der Waals surface area contributed by atoms with Gasteiger partial charge in [-0.2, -0.15) is 0 Å². The molecule has 0 radical (unpaired) electrons. The molecule has 2 aromatic rings. The van der Waals surface area contributed by atoms with Gasteiger partial charge in [0.2, 0.25) is 0 Å². The molecule has 0 unspecified atom stereocenters. The number of ether oxygens (including phenoxy) is 1. The first-order valence-corrected chi connectivity index (χ1v) is 5.74. The van der Waals surface area contributed by atoms with E-state index in [0.29, 0.717) is 6.54 Å². The Kier molecular flexibility index (Phi) is 3.70. The van der Waals surface area contributed by atoms with Crippen molar-refractivity contribution in [3.63, 3.8) is 0 Å². The molecule has 0 saturated heterocycles. The van der Waals surface area contributed by atoms with E-state index < -0.39 is 0 Å². The normalized spacial score (nSPS) is 10.2. The molecule has 2 N–H and O–H groups in total. The van der Waals surface area contributed by atoms with Crippen molar-refractivity contribution in [1.29, 1.82) is 0 Å². The van der Waals surface area contributed by atoms with Crippen molar-refractivity contribution in [2.45, 2.75) is 6.54 Å². The Balaban J connectivity index is 2.10. The Morgan fingerprint density at radius 3 is 2.95 bits per heavy atom. The average Bonchev–Trinajstić information content (AvgIpc) is 2.82. The van der Waals surface area contributed by atoms with Crippen LogP contribution in [0.3, 0.4) is 0 Å². The number of hydrogen-bond donors (Lipinski definition) is 2. The van der Waals surface area contributed by atoms with Crippen LogP contribution in [-0.2, 0) is 13.6 Å². The van der Waals surface area contributed by atoms with Crippen LogP contribution in [0.4, 0.5) is 0 Å². The molecule has 1 aromatic heterocycles. The molecule has 0 saturated carbocycles. The maximum absolute atomic E-state index is 12.0. The predicted octanol–water partition coefficient (Wildman–Crippen LogP) is 1.06. The second-order valence-electron chi connectivity index (χ2n) is 3.99. The van der Waals surface area contributed by atoms with Gasteiger partial charge in [0, 0.05) is 19.4 Å². The lowest BCUT2D eigenvalue weighted by Gasteiger charge is -2.09. The van der Waals surface area contributed by atoms with Crippen molar-refractivity contribution in [2.75, 3.05) is 7.11 Å². The highest BCUT2D eigenvalue weighted by atomic mass is 16.5. The van der Waals surface area contributed by atoms with E-state index in [1.165, 1.54) is 13.2 Å². The molecule has 0 aliphatic carbocycles. The lowest BCUT2D eigenvalue weighted by molar-refractivity contribution is 0.0946. The zero-order valence-electron chi connectivity index (χ0n) is 10.8. The molecule has 100 valence electrons. The zero-order valence-corrected chi connectivity index (χ0v) is 10.8. The molecule has 0 spiro atoms. The predicted molar refractivity (Wildman–Crippen MR) is 69.0 cm³/mol. The van der Waals surface area contributed by atoms with Crippen LogP contribution in [0.5, 0.6) is 11.5 Å². The first-order chi connectivity index (χ1) is 9.13. The van der Waals surface area contributed by atoms with Gasteiger partial charge < -0.3 is 19.7 Å². The number of carbonyl (C=O) groups excluding carboxylic acids is 1. The summed E-state index contributed by atoms with van der Waals surface area (Å²) in [5, 5.41) is 12.6. The van der Waals surface area contributed by atoms with Crippen molar-refractivity contribution in [3.8, 4) is 11.5 Å². The Hall–Kier alpha value is -2.50. The number of carbonyl (C=O) groups is 1. The molecule has 6 nitrogen and oxygen atoms in total. The van der Waals surface area contributed by atoms with Crippen LogP contribution in [-0.4, -0.2) is 27.7 Å². The summed E-state index contributed by atoms with van der Waals surface area (Å²) in [6, 6.07) is 4.77. The first kappa shape index (κ1) is 12.9. The summed E-state index contributed by atoms with van der Waals surface area (Å²) in [4.78, 5) is 16.1. The monoisotopic (exact) mass is 261 g/mol. The van der Waals surface area contributed by atoms with Crippen LogP contribution in [0.2, 0.25) is 0 Å². The highest BCUT2D eigenvalue weighted by molar-refractivity contribution is 5.97. The highest BCUT2D eigenvalue weighted by Crippen LogP contribution is 2.29. The molecule has 0 atom stereocenters. The first-order valence-electron chi connectivity index (χ1n) is 5.74. The molecule has 1 heterocycles. The Labute approximate surface area is 110 Å². The van der Waals surface area contributed by atoms with Crippen LogP contribution < -0.4 is 10.1 Å². The van der Waals surface area contributed by atoms with Crippen LogP contribution in [0.25, 0.3) is 0 Å². The van der Waals surface area contributed by atoms with Gasteiger partial charge in [0.05, 0.1) is 19.2 Å². The fraction of sp³-hybridized carbons (Fsp3) is 0.231. The third-order valence-corrected chi connectivity index (χ3v) is 2.79. The van der Waals surface area contributed by atoms with Crippen LogP contribution in [0, 0.1) is 0 Å². The maximum atomic E-state index is 12.0. The standard InChI is InChI=1S/C13H15N3O3/c1-16-7-6-14-11(16)8-15-13(18)9-4-3-5-10(19-2)12(9)17/h3-7,17H,8H2,1-2H3,(H,15,18). The van der Waals surface area contributed by atoms with Crippen molar-refractivity contribution in [1.82, 2.24) is 14.9 Å². The molecule has 0 aliphatic heterocycles. The number of aromatic hydroxyl groups is 1. The van der Waals surface area contributed by atoms with Gasteiger partial charge in [-0.3, -0.25) is 4.79 Å². The topological polar surface area (TPSA) is 76.4 Å². The minimum Gasteiger partial charge on any atom is -0.504 e. The summed E-state index contributed by atoms with van der Waals surface area (Å²) >= 11 is 0. The van der Waals surface area contributed by atoms with Gasteiger partial charge >= 0.3 is 0 Å². The molecular weight excluding hydrogens is 246 g/mol. The van der Waals surface area contributed by atoms with E-state index >= 15 is 0 Å². The fourth-order valence-corrected chi connectivity index (χ4v) is 1.69. The van der Waals surface area contributed by atoms with E-state index in [9.17, 15) is 9.90 Å². The van der Waals surface area contributed by atoms with Crippen LogP contribution in [0.1, 0.15) is 16.2 Å². The van der Waals surface area contributed by atoms with E-state index in [2.05, 4.69) is 10.3 Å². The summed E-state index contributed by atoms with van der Waals surface area (Å²) in [7, 11) is 3.28. The number of amides is 1. The number of phenols is 1. The van der Waals surface area contributed by atoms with E-state index in [4.69, 9.17) is 4.74 Å². The third kappa shape index (κ3) is 2.67. The second kappa shape index (κ2) is 5.43. The minimum absolute atomic E-state index is 0.164. The number of methoxy groups -OCH3 is 1. The van der Waals surface area contributed by atoms with Gasteiger partial charge in [0.25, 0.3) is 5.91 Å². The molecule has 0 aliphatic rings. The number of nitrogens with zero attached hydrogens (tertiary/aromatic N) is 2. The quantitative estimate of drug-likeness (QED) is 0.863. The van der Waals surface area contributed by atoms with E-state index in [-0.39, 0.29) is 23.0 Å². The number of phenolic OH excluding ortho intramolecular Hbond substituents is 1. The maximum Gasteiger partial charge on any atom is 0.255 e. The van der Waals surface area contributed by atoms with Gasteiger partial charge in [-0.25, -0.2) is 4.98 Å². The summed E-state index contributed by atoms with van der Waals surface area (Å²) < 4.78 is 6.77. The number of para-hydroxylation sites is 1. The Morgan fingerprint density at radius 1 is 1.53 bits per heavy atom. The number of imidazole rings is 1. The van der Waals surface area contributed by atoms with E-state index in [0.717, 1.165) is 5.82 Å². The summed E-state index contributed by atoms with van der Waals surface area (Å²) in [6.07, 6.45) is 3.45. The molecule has 1 aromatic carbocycles. The van der Waals surface area contributed by atoms with Crippen molar-refractivity contribution < 1.29 is 14.6 Å². The molecular formula is C13H15N3O3. The van der Waals surface area contributed by atoms with Crippen molar-refractivity contribution in [2.24, 2.45) is 7.05 Å². The molecule has 0 fully saturated rings. The van der Waals surface area contributed by atoms with Crippen molar-refractivity contribution in [3.05, 3.63) is 42.0 Å². The SMILES string of the molecule is COc1cccc(C(=O)NCc2nccn2C)c1O. The van der Waals surface area contributed by atoms with E-state index in [1.54, 1.807) is 24.5 Å².